The zero-order chi connectivity index (χ0) is 13.8. The van der Waals surface area contributed by atoms with Gasteiger partial charge in [0.25, 0.3) is 0 Å². The smallest absolute Gasteiger partial charge is 0.0478 e. The SMILES string of the molecule is CNC1c2ccccc2CCC1N1CCCCCCC1. The van der Waals surface area contributed by atoms with Crippen LogP contribution in [0.2, 0.25) is 0 Å². The number of likely N-dealkylation sites (N-methyl/N-ethyl adjacent to an activating group) is 1. The van der Waals surface area contributed by atoms with Gasteiger partial charge in [0.2, 0.25) is 0 Å². The van der Waals surface area contributed by atoms with Gasteiger partial charge in [-0.2, -0.15) is 0 Å². The fraction of sp³-hybridized carbons (Fsp3) is 0.667. The van der Waals surface area contributed by atoms with Crippen molar-refractivity contribution in [1.82, 2.24) is 10.2 Å². The summed E-state index contributed by atoms with van der Waals surface area (Å²) in [4.78, 5) is 2.77. The predicted octanol–water partition coefficient (Wildman–Crippen LogP) is 3.53. The Morgan fingerprint density at radius 3 is 2.45 bits per heavy atom. The van der Waals surface area contributed by atoms with Crippen LogP contribution in [0, 0.1) is 0 Å². The number of nitrogens with one attached hydrogen (secondary N) is 1. The van der Waals surface area contributed by atoms with Crippen molar-refractivity contribution in [2.24, 2.45) is 0 Å². The van der Waals surface area contributed by atoms with E-state index in [9.17, 15) is 0 Å². The molecule has 1 saturated heterocycles. The Labute approximate surface area is 123 Å². The van der Waals surface area contributed by atoms with Crippen LogP contribution in [0.5, 0.6) is 0 Å². The fourth-order valence-corrected chi connectivity index (χ4v) is 4.09. The van der Waals surface area contributed by atoms with Crippen molar-refractivity contribution in [3.8, 4) is 0 Å². The Hall–Kier alpha value is -0.860. The Bertz CT molecular complexity index is 421. The summed E-state index contributed by atoms with van der Waals surface area (Å²) in [5, 5.41) is 3.60. The van der Waals surface area contributed by atoms with Gasteiger partial charge in [-0.05, 0) is 56.9 Å². The van der Waals surface area contributed by atoms with Gasteiger partial charge in [-0.1, -0.05) is 43.5 Å². The first-order valence-corrected chi connectivity index (χ1v) is 8.39. The molecule has 0 radical (unpaired) electrons. The molecule has 1 heterocycles. The third kappa shape index (κ3) is 2.91. The fourth-order valence-electron chi connectivity index (χ4n) is 4.09. The van der Waals surface area contributed by atoms with Crippen molar-refractivity contribution in [2.45, 2.75) is 57.0 Å². The molecule has 110 valence electrons. The van der Waals surface area contributed by atoms with E-state index in [1.165, 1.54) is 63.6 Å². The van der Waals surface area contributed by atoms with Crippen LogP contribution in [0.1, 0.15) is 55.7 Å². The van der Waals surface area contributed by atoms with Crippen LogP contribution in [0.25, 0.3) is 0 Å². The van der Waals surface area contributed by atoms with Gasteiger partial charge in [0.1, 0.15) is 0 Å². The molecular weight excluding hydrogens is 244 g/mol. The summed E-state index contributed by atoms with van der Waals surface area (Å²) in [5.41, 5.74) is 3.09. The minimum atomic E-state index is 0.513. The average molecular weight is 272 g/mol. The number of fused-ring (bicyclic) bond motifs is 1. The molecule has 2 nitrogen and oxygen atoms in total. The largest absolute Gasteiger partial charge is 0.312 e. The Kier molecular flexibility index (Phi) is 4.74. The highest BCUT2D eigenvalue weighted by molar-refractivity contribution is 5.34. The van der Waals surface area contributed by atoms with Crippen molar-refractivity contribution in [2.75, 3.05) is 20.1 Å². The standard InChI is InChI=1S/C18H28N2/c1-19-18-16-10-6-5-9-15(16)11-12-17(18)20-13-7-3-2-4-8-14-20/h5-6,9-10,17-19H,2-4,7-8,11-14H2,1H3. The van der Waals surface area contributed by atoms with Gasteiger partial charge in [-0.25, -0.2) is 0 Å². The topological polar surface area (TPSA) is 15.3 Å². The quantitative estimate of drug-likeness (QED) is 0.886. The Balaban J connectivity index is 1.79. The summed E-state index contributed by atoms with van der Waals surface area (Å²) in [6.45, 7) is 2.59. The zero-order valence-corrected chi connectivity index (χ0v) is 12.8. The van der Waals surface area contributed by atoms with Crippen LogP contribution in [0.3, 0.4) is 0 Å². The molecule has 2 aliphatic rings. The minimum Gasteiger partial charge on any atom is -0.312 e. The molecule has 1 aromatic carbocycles. The first kappa shape index (κ1) is 14.1. The van der Waals surface area contributed by atoms with Gasteiger partial charge in [0.15, 0.2) is 0 Å². The van der Waals surface area contributed by atoms with Gasteiger partial charge in [-0.15, -0.1) is 0 Å². The molecule has 0 amide bonds. The molecular formula is C18H28N2. The highest BCUT2D eigenvalue weighted by atomic mass is 15.2. The first-order chi connectivity index (χ1) is 9.90. The molecule has 3 rings (SSSR count). The number of benzene rings is 1. The molecule has 1 aromatic rings. The highest BCUT2D eigenvalue weighted by Crippen LogP contribution is 2.33. The molecule has 1 fully saturated rings. The summed E-state index contributed by atoms with van der Waals surface area (Å²) in [6, 6.07) is 10.2. The summed E-state index contributed by atoms with van der Waals surface area (Å²) in [7, 11) is 2.13. The highest BCUT2D eigenvalue weighted by Gasteiger charge is 2.32. The summed E-state index contributed by atoms with van der Waals surface area (Å²) in [6.07, 6.45) is 9.60. The average Bonchev–Trinajstić information content (AvgIpc) is 2.46. The number of nitrogens with zero attached hydrogens (tertiary/aromatic N) is 1. The lowest BCUT2D eigenvalue weighted by Gasteiger charge is -2.41. The van der Waals surface area contributed by atoms with Crippen molar-refractivity contribution in [3.05, 3.63) is 35.4 Å². The van der Waals surface area contributed by atoms with Gasteiger partial charge in [-0.3, -0.25) is 4.90 Å². The molecule has 1 aliphatic heterocycles. The molecule has 2 unspecified atom stereocenters. The van der Waals surface area contributed by atoms with E-state index in [-0.39, 0.29) is 0 Å². The minimum absolute atomic E-state index is 0.513. The summed E-state index contributed by atoms with van der Waals surface area (Å²) >= 11 is 0. The normalized spacial score (nSPS) is 28.4. The van der Waals surface area contributed by atoms with E-state index in [0.29, 0.717) is 12.1 Å². The summed E-state index contributed by atoms with van der Waals surface area (Å²) in [5.74, 6) is 0. The van der Waals surface area contributed by atoms with E-state index in [1.54, 1.807) is 5.56 Å². The van der Waals surface area contributed by atoms with Crippen LogP contribution >= 0.6 is 0 Å². The van der Waals surface area contributed by atoms with E-state index >= 15 is 0 Å². The van der Waals surface area contributed by atoms with Crippen molar-refractivity contribution in [3.63, 3.8) is 0 Å². The van der Waals surface area contributed by atoms with E-state index in [1.807, 2.05) is 0 Å². The van der Waals surface area contributed by atoms with E-state index in [4.69, 9.17) is 0 Å². The number of likely N-dealkylation sites (tertiary alicyclic amines) is 1. The predicted molar refractivity (Wildman–Crippen MR) is 85.0 cm³/mol. The second kappa shape index (κ2) is 6.73. The number of aryl methyl sites for hydroxylation is 1. The van der Waals surface area contributed by atoms with Gasteiger partial charge in [0.05, 0.1) is 0 Å². The van der Waals surface area contributed by atoms with Crippen molar-refractivity contribution < 1.29 is 0 Å². The lowest BCUT2D eigenvalue weighted by molar-refractivity contribution is 0.132. The van der Waals surface area contributed by atoms with Crippen LogP contribution in [-0.2, 0) is 6.42 Å². The molecule has 2 heteroatoms. The second-order valence-electron chi connectivity index (χ2n) is 6.37. The Morgan fingerprint density at radius 2 is 1.70 bits per heavy atom. The molecule has 0 aromatic heterocycles. The third-order valence-corrected chi connectivity index (χ3v) is 5.16. The molecule has 1 N–H and O–H groups in total. The summed E-state index contributed by atoms with van der Waals surface area (Å²) < 4.78 is 0. The van der Waals surface area contributed by atoms with Gasteiger partial charge >= 0.3 is 0 Å². The first-order valence-electron chi connectivity index (χ1n) is 8.39. The molecule has 0 bridgehead atoms. The van der Waals surface area contributed by atoms with E-state index < -0.39 is 0 Å². The van der Waals surface area contributed by atoms with Crippen LogP contribution in [0.4, 0.5) is 0 Å². The number of rotatable bonds is 2. The van der Waals surface area contributed by atoms with Gasteiger partial charge < -0.3 is 5.32 Å². The van der Waals surface area contributed by atoms with E-state index in [0.717, 1.165) is 0 Å². The van der Waals surface area contributed by atoms with E-state index in [2.05, 4.69) is 41.5 Å². The second-order valence-corrected chi connectivity index (χ2v) is 6.37. The third-order valence-electron chi connectivity index (χ3n) is 5.16. The van der Waals surface area contributed by atoms with Crippen molar-refractivity contribution in [1.29, 1.82) is 0 Å². The Morgan fingerprint density at radius 1 is 1.00 bits per heavy atom. The zero-order valence-electron chi connectivity index (χ0n) is 12.8. The van der Waals surface area contributed by atoms with Crippen LogP contribution in [0.15, 0.2) is 24.3 Å². The number of hydrogen-bond donors (Lipinski definition) is 1. The number of hydrogen-bond acceptors (Lipinski definition) is 2. The van der Waals surface area contributed by atoms with Crippen LogP contribution in [-0.4, -0.2) is 31.1 Å². The lowest BCUT2D eigenvalue weighted by Crippen LogP contribution is -2.47. The maximum absolute atomic E-state index is 3.60. The lowest BCUT2D eigenvalue weighted by atomic mass is 9.83. The van der Waals surface area contributed by atoms with Gasteiger partial charge in [0, 0.05) is 12.1 Å². The molecule has 0 saturated carbocycles. The maximum atomic E-state index is 3.60. The monoisotopic (exact) mass is 272 g/mol. The van der Waals surface area contributed by atoms with Crippen LogP contribution < -0.4 is 5.32 Å². The molecule has 1 aliphatic carbocycles. The molecule has 0 spiro atoms. The molecule has 20 heavy (non-hydrogen) atoms. The molecule has 2 atom stereocenters. The maximum Gasteiger partial charge on any atom is 0.0478 e. The van der Waals surface area contributed by atoms with Crippen molar-refractivity contribution >= 4 is 0 Å².